The second-order valence-electron chi connectivity index (χ2n) is 7.31. The molecule has 1 aliphatic heterocycles. The van der Waals surface area contributed by atoms with Gasteiger partial charge in [-0.3, -0.25) is 9.79 Å². The van der Waals surface area contributed by atoms with Gasteiger partial charge >= 0.3 is 6.09 Å². The molecule has 0 bridgehead atoms. The van der Waals surface area contributed by atoms with E-state index < -0.39 is 5.60 Å². The number of halogens is 1. The van der Waals surface area contributed by atoms with Crippen LogP contribution in [0, 0.1) is 0 Å². The summed E-state index contributed by atoms with van der Waals surface area (Å²) >= 11 is 1.43. The second-order valence-corrected chi connectivity index (χ2v) is 8.26. The monoisotopic (exact) mass is 523 g/mol. The van der Waals surface area contributed by atoms with Crippen molar-refractivity contribution in [3.63, 3.8) is 0 Å². The van der Waals surface area contributed by atoms with Gasteiger partial charge in [-0.25, -0.2) is 4.79 Å². The molecule has 0 aromatic carbocycles. The number of likely N-dealkylation sites (tertiary alicyclic amines) is 1. The highest BCUT2D eigenvalue weighted by molar-refractivity contribution is 14.0. The van der Waals surface area contributed by atoms with E-state index in [2.05, 4.69) is 20.9 Å². The molecule has 0 unspecified atom stereocenters. The number of guanidine groups is 1. The zero-order valence-electron chi connectivity index (χ0n) is 16.8. The molecule has 0 saturated carbocycles. The van der Waals surface area contributed by atoms with Crippen molar-refractivity contribution < 1.29 is 14.3 Å². The fraction of sp³-hybridized carbons (Fsp3) is 0.611. The van der Waals surface area contributed by atoms with Crippen molar-refractivity contribution in [2.45, 2.75) is 38.8 Å². The smallest absolute Gasteiger partial charge is 0.410 e. The molecule has 2 heterocycles. The highest BCUT2D eigenvalue weighted by atomic mass is 127. The van der Waals surface area contributed by atoms with Gasteiger partial charge in [0.1, 0.15) is 5.60 Å². The molecule has 1 aliphatic rings. The van der Waals surface area contributed by atoms with Crippen LogP contribution < -0.4 is 16.0 Å². The van der Waals surface area contributed by atoms with E-state index in [9.17, 15) is 9.59 Å². The number of nitrogens with one attached hydrogen (secondary N) is 3. The molecular weight excluding hydrogens is 493 g/mol. The van der Waals surface area contributed by atoms with Crippen molar-refractivity contribution in [2.75, 3.05) is 33.2 Å². The van der Waals surface area contributed by atoms with Crippen LogP contribution in [0.5, 0.6) is 0 Å². The number of aliphatic imine (C=N–C) groups is 1. The fourth-order valence-electron chi connectivity index (χ4n) is 2.43. The summed E-state index contributed by atoms with van der Waals surface area (Å²) in [6, 6.07) is 3.83. The van der Waals surface area contributed by atoms with Crippen LogP contribution in [-0.2, 0) is 4.74 Å². The van der Waals surface area contributed by atoms with Crippen molar-refractivity contribution in [2.24, 2.45) is 4.99 Å². The summed E-state index contributed by atoms with van der Waals surface area (Å²) in [5, 5.41) is 11.3. The average molecular weight is 523 g/mol. The van der Waals surface area contributed by atoms with Crippen LogP contribution in [0.2, 0.25) is 0 Å². The SMILES string of the molecule is CN=C(NCCCNC(=O)c1cccs1)NC1CN(C(=O)OC(C)(C)C)C1.I. The number of nitrogens with zero attached hydrogens (tertiary/aromatic N) is 2. The summed E-state index contributed by atoms with van der Waals surface area (Å²) < 4.78 is 5.34. The molecular formula is C18H30IN5O3S. The highest BCUT2D eigenvalue weighted by Gasteiger charge is 2.34. The van der Waals surface area contributed by atoms with Crippen molar-refractivity contribution in [3.8, 4) is 0 Å². The Bertz CT molecular complexity index is 655. The van der Waals surface area contributed by atoms with E-state index in [0.29, 0.717) is 32.1 Å². The Morgan fingerprint density at radius 2 is 1.96 bits per heavy atom. The Morgan fingerprint density at radius 1 is 1.29 bits per heavy atom. The number of thiophene rings is 1. The number of hydrogen-bond donors (Lipinski definition) is 3. The third kappa shape index (κ3) is 8.21. The topological polar surface area (TPSA) is 95.1 Å². The first-order valence-corrected chi connectivity index (χ1v) is 9.93. The average Bonchev–Trinajstić information content (AvgIpc) is 3.08. The molecule has 0 radical (unpaired) electrons. The quantitative estimate of drug-likeness (QED) is 0.230. The van der Waals surface area contributed by atoms with E-state index in [4.69, 9.17) is 4.74 Å². The molecule has 1 saturated heterocycles. The van der Waals surface area contributed by atoms with Gasteiger partial charge in [0.05, 0.1) is 10.9 Å². The summed E-state index contributed by atoms with van der Waals surface area (Å²) in [6.45, 7) is 8.03. The number of rotatable bonds is 6. The van der Waals surface area contributed by atoms with E-state index in [1.807, 2.05) is 38.3 Å². The highest BCUT2D eigenvalue weighted by Crippen LogP contribution is 2.15. The van der Waals surface area contributed by atoms with E-state index in [-0.39, 0.29) is 42.0 Å². The molecule has 0 atom stereocenters. The third-order valence-electron chi connectivity index (χ3n) is 3.77. The lowest BCUT2D eigenvalue weighted by atomic mass is 10.1. The van der Waals surface area contributed by atoms with Gasteiger partial charge in [0, 0.05) is 33.2 Å². The maximum Gasteiger partial charge on any atom is 0.410 e. The van der Waals surface area contributed by atoms with Crippen LogP contribution in [-0.4, -0.2) is 67.7 Å². The van der Waals surface area contributed by atoms with Crippen LogP contribution in [0.15, 0.2) is 22.5 Å². The molecule has 1 aromatic rings. The van der Waals surface area contributed by atoms with E-state index >= 15 is 0 Å². The maximum absolute atomic E-state index is 11.9. The summed E-state index contributed by atoms with van der Waals surface area (Å²) in [5.74, 6) is 0.651. The largest absolute Gasteiger partial charge is 0.444 e. The first kappa shape index (κ1) is 24.5. The molecule has 10 heteroatoms. The predicted molar refractivity (Wildman–Crippen MR) is 123 cm³/mol. The van der Waals surface area contributed by atoms with Gasteiger partial charge in [-0.2, -0.15) is 0 Å². The van der Waals surface area contributed by atoms with Gasteiger partial charge in [0.15, 0.2) is 5.96 Å². The lowest BCUT2D eigenvalue weighted by Gasteiger charge is -2.40. The maximum atomic E-state index is 11.9. The first-order chi connectivity index (χ1) is 12.8. The Labute approximate surface area is 187 Å². The Balaban J connectivity index is 0.00000392. The zero-order chi connectivity index (χ0) is 19.9. The molecule has 0 spiro atoms. The molecule has 2 amide bonds. The summed E-state index contributed by atoms with van der Waals surface area (Å²) in [4.78, 5) is 30.3. The molecule has 2 rings (SSSR count). The van der Waals surface area contributed by atoms with Gasteiger partial charge in [0.2, 0.25) is 0 Å². The number of ether oxygens (including phenoxy) is 1. The standard InChI is InChI=1S/C18H29N5O3S.HI/c1-18(2,3)26-17(25)23-11-13(12-23)22-16(19-4)21-9-6-8-20-15(24)14-7-5-10-27-14;/h5,7,10,13H,6,8-9,11-12H2,1-4H3,(H,20,24)(H2,19,21,22);1H. The number of carbonyl (C=O) groups excluding carboxylic acids is 2. The molecule has 8 nitrogen and oxygen atoms in total. The summed E-state index contributed by atoms with van der Waals surface area (Å²) in [7, 11) is 1.71. The van der Waals surface area contributed by atoms with Crippen LogP contribution in [0.4, 0.5) is 4.79 Å². The molecule has 28 heavy (non-hydrogen) atoms. The van der Waals surface area contributed by atoms with Crippen LogP contribution in [0.1, 0.15) is 36.9 Å². The van der Waals surface area contributed by atoms with Gasteiger partial charge in [-0.15, -0.1) is 35.3 Å². The molecule has 0 aliphatic carbocycles. The summed E-state index contributed by atoms with van der Waals surface area (Å²) in [6.07, 6.45) is 0.497. The first-order valence-electron chi connectivity index (χ1n) is 9.05. The lowest BCUT2D eigenvalue weighted by Crippen LogP contribution is -2.63. The van der Waals surface area contributed by atoms with E-state index in [0.717, 1.165) is 11.3 Å². The van der Waals surface area contributed by atoms with Crippen molar-refractivity contribution in [1.29, 1.82) is 0 Å². The molecule has 1 fully saturated rings. The van der Waals surface area contributed by atoms with E-state index in [1.165, 1.54) is 11.3 Å². The minimum absolute atomic E-state index is 0. The van der Waals surface area contributed by atoms with Gasteiger partial charge in [0.25, 0.3) is 5.91 Å². The van der Waals surface area contributed by atoms with Gasteiger partial charge < -0.3 is 25.6 Å². The Morgan fingerprint density at radius 3 is 2.54 bits per heavy atom. The predicted octanol–water partition coefficient (Wildman–Crippen LogP) is 2.27. The molecule has 3 N–H and O–H groups in total. The number of carbonyl (C=O) groups is 2. The number of amides is 2. The van der Waals surface area contributed by atoms with Crippen LogP contribution in [0.25, 0.3) is 0 Å². The minimum atomic E-state index is -0.480. The summed E-state index contributed by atoms with van der Waals surface area (Å²) in [5.41, 5.74) is -0.480. The zero-order valence-corrected chi connectivity index (χ0v) is 19.9. The Kier molecular flexibility index (Phi) is 10.0. The lowest BCUT2D eigenvalue weighted by molar-refractivity contribution is 0.00700. The number of hydrogen-bond acceptors (Lipinski definition) is 5. The second kappa shape index (κ2) is 11.4. The fourth-order valence-corrected chi connectivity index (χ4v) is 3.07. The molecule has 158 valence electrons. The molecule has 1 aromatic heterocycles. The normalized spacial score (nSPS) is 14.6. The van der Waals surface area contributed by atoms with Gasteiger partial charge in [-0.1, -0.05) is 6.07 Å². The van der Waals surface area contributed by atoms with Gasteiger partial charge in [-0.05, 0) is 38.6 Å². The van der Waals surface area contributed by atoms with Crippen molar-refractivity contribution >= 4 is 53.3 Å². The van der Waals surface area contributed by atoms with Crippen molar-refractivity contribution in [1.82, 2.24) is 20.9 Å². The van der Waals surface area contributed by atoms with Crippen LogP contribution in [0.3, 0.4) is 0 Å². The third-order valence-corrected chi connectivity index (χ3v) is 4.64. The van der Waals surface area contributed by atoms with E-state index in [1.54, 1.807) is 11.9 Å². The van der Waals surface area contributed by atoms with Crippen LogP contribution >= 0.6 is 35.3 Å². The minimum Gasteiger partial charge on any atom is -0.444 e. The van der Waals surface area contributed by atoms with Crippen molar-refractivity contribution in [3.05, 3.63) is 22.4 Å². The Hall–Kier alpha value is -1.56.